The van der Waals surface area contributed by atoms with Crippen molar-refractivity contribution >= 4 is 45.7 Å². The van der Waals surface area contributed by atoms with E-state index in [-0.39, 0.29) is 17.6 Å². The summed E-state index contributed by atoms with van der Waals surface area (Å²) < 4.78 is 6.91. The number of carbonyl (C=O) groups is 2. The van der Waals surface area contributed by atoms with Gasteiger partial charge in [-0.3, -0.25) is 4.79 Å². The van der Waals surface area contributed by atoms with E-state index in [2.05, 4.69) is 21.6 Å². The van der Waals surface area contributed by atoms with Gasteiger partial charge in [0.15, 0.2) is 11.0 Å². The van der Waals surface area contributed by atoms with E-state index in [1.165, 1.54) is 35.1 Å². The lowest BCUT2D eigenvalue weighted by molar-refractivity contribution is -0.113. The number of thiophene rings is 1. The molecular formula is C24H29N5O3S2. The number of aromatic nitrogens is 3. The van der Waals surface area contributed by atoms with Crippen molar-refractivity contribution in [2.24, 2.45) is 7.05 Å². The number of hydrogen-bond acceptors (Lipinski definition) is 8. The van der Waals surface area contributed by atoms with Crippen molar-refractivity contribution in [3.8, 4) is 11.4 Å². The van der Waals surface area contributed by atoms with Gasteiger partial charge >= 0.3 is 5.97 Å². The number of ether oxygens (including phenoxy) is 1. The highest BCUT2D eigenvalue weighted by Crippen LogP contribution is 2.38. The molecule has 2 heterocycles. The van der Waals surface area contributed by atoms with Gasteiger partial charge in [-0.05, 0) is 43.4 Å². The second-order valence-corrected chi connectivity index (χ2v) is 10.5. The second-order valence-electron chi connectivity index (χ2n) is 8.41. The number of benzene rings is 1. The van der Waals surface area contributed by atoms with Crippen molar-refractivity contribution in [2.45, 2.75) is 37.3 Å². The molecule has 34 heavy (non-hydrogen) atoms. The number of thioether (sulfide) groups is 1. The van der Waals surface area contributed by atoms with Crippen LogP contribution in [0.1, 0.15) is 40.1 Å². The fourth-order valence-electron chi connectivity index (χ4n) is 4.06. The summed E-state index contributed by atoms with van der Waals surface area (Å²) in [4.78, 5) is 28.5. The van der Waals surface area contributed by atoms with Crippen molar-refractivity contribution in [3.05, 3.63) is 40.3 Å². The average molecular weight is 500 g/mol. The zero-order valence-corrected chi connectivity index (χ0v) is 21.5. The SMILES string of the molecule is COC(=O)c1c(NC(=O)CSc2nnc(-c3cccc(N(C)C)c3)n2C)sc2c1CCCCC2. The summed E-state index contributed by atoms with van der Waals surface area (Å²) in [6, 6.07) is 8.07. The van der Waals surface area contributed by atoms with Crippen LogP contribution < -0.4 is 10.2 Å². The lowest BCUT2D eigenvalue weighted by Crippen LogP contribution is -2.16. The number of methoxy groups -OCH3 is 1. The first-order valence-corrected chi connectivity index (χ1v) is 13.0. The largest absolute Gasteiger partial charge is 0.465 e. The topological polar surface area (TPSA) is 89.3 Å². The molecule has 0 aliphatic heterocycles. The molecule has 0 saturated carbocycles. The van der Waals surface area contributed by atoms with E-state index in [1.54, 1.807) is 0 Å². The molecule has 0 radical (unpaired) electrons. The number of carbonyl (C=O) groups excluding carboxylic acids is 2. The Bertz CT molecular complexity index is 1200. The van der Waals surface area contributed by atoms with E-state index in [9.17, 15) is 9.59 Å². The van der Waals surface area contributed by atoms with Crippen LogP contribution in [0.25, 0.3) is 11.4 Å². The molecule has 1 aliphatic rings. The minimum Gasteiger partial charge on any atom is -0.465 e. The normalized spacial score (nSPS) is 13.2. The molecule has 1 amide bonds. The maximum absolute atomic E-state index is 12.8. The van der Waals surface area contributed by atoms with Crippen molar-refractivity contribution < 1.29 is 14.3 Å². The number of esters is 1. The lowest BCUT2D eigenvalue weighted by atomic mass is 10.1. The molecule has 0 unspecified atom stereocenters. The Kier molecular flexibility index (Phi) is 7.57. The number of nitrogens with zero attached hydrogens (tertiary/aromatic N) is 4. The maximum Gasteiger partial charge on any atom is 0.341 e. The quantitative estimate of drug-likeness (QED) is 0.293. The monoisotopic (exact) mass is 499 g/mol. The van der Waals surface area contributed by atoms with Crippen molar-refractivity contribution in [3.63, 3.8) is 0 Å². The minimum absolute atomic E-state index is 0.160. The van der Waals surface area contributed by atoms with Gasteiger partial charge in [0.05, 0.1) is 18.4 Å². The third-order valence-corrected chi connectivity index (χ3v) is 8.08. The molecule has 4 rings (SSSR count). The van der Waals surface area contributed by atoms with Crippen LogP contribution in [0.4, 0.5) is 10.7 Å². The highest BCUT2D eigenvalue weighted by Gasteiger charge is 2.26. The fourth-order valence-corrected chi connectivity index (χ4v) is 6.06. The summed E-state index contributed by atoms with van der Waals surface area (Å²) in [7, 11) is 7.26. The molecule has 0 saturated heterocycles. The molecular weight excluding hydrogens is 470 g/mol. The molecule has 10 heteroatoms. The van der Waals surface area contributed by atoms with Crippen LogP contribution in [0.5, 0.6) is 0 Å². The summed E-state index contributed by atoms with van der Waals surface area (Å²) in [5.74, 6) is 0.319. The van der Waals surface area contributed by atoms with Gasteiger partial charge in [-0.2, -0.15) is 0 Å². The smallest absolute Gasteiger partial charge is 0.341 e. The number of nitrogens with one attached hydrogen (secondary N) is 1. The minimum atomic E-state index is -0.389. The predicted molar refractivity (Wildman–Crippen MR) is 137 cm³/mol. The fraction of sp³-hybridized carbons (Fsp3) is 0.417. The number of aryl methyl sites for hydroxylation is 1. The molecule has 3 aromatic rings. The number of hydrogen-bond donors (Lipinski definition) is 1. The molecule has 1 N–H and O–H groups in total. The first-order chi connectivity index (χ1) is 16.4. The van der Waals surface area contributed by atoms with Gasteiger partial charge in [0, 0.05) is 37.3 Å². The molecule has 8 nitrogen and oxygen atoms in total. The molecule has 0 atom stereocenters. The van der Waals surface area contributed by atoms with Crippen LogP contribution in [0, 0.1) is 0 Å². The summed E-state index contributed by atoms with van der Waals surface area (Å²) in [6.07, 6.45) is 5.08. The van der Waals surface area contributed by atoms with Gasteiger partial charge in [-0.1, -0.05) is 30.3 Å². The highest BCUT2D eigenvalue weighted by molar-refractivity contribution is 7.99. The zero-order valence-electron chi connectivity index (χ0n) is 19.9. The van der Waals surface area contributed by atoms with Gasteiger partial charge in [-0.25, -0.2) is 4.79 Å². The van der Waals surface area contributed by atoms with Crippen LogP contribution in [-0.2, 0) is 29.4 Å². The van der Waals surface area contributed by atoms with Crippen molar-refractivity contribution in [1.82, 2.24) is 14.8 Å². The summed E-state index contributed by atoms with van der Waals surface area (Å²) >= 11 is 2.81. The summed E-state index contributed by atoms with van der Waals surface area (Å²) in [5.41, 5.74) is 3.59. The van der Waals surface area contributed by atoms with E-state index in [1.807, 2.05) is 48.8 Å². The third-order valence-electron chi connectivity index (χ3n) is 5.85. The molecule has 180 valence electrons. The maximum atomic E-state index is 12.8. The average Bonchev–Trinajstić information content (AvgIpc) is 3.27. The number of rotatable bonds is 7. The number of amides is 1. The van der Waals surface area contributed by atoms with Crippen LogP contribution in [0.2, 0.25) is 0 Å². The Labute approximate surface area is 207 Å². The molecule has 1 aromatic carbocycles. The van der Waals surface area contributed by atoms with Gasteiger partial charge in [-0.15, -0.1) is 21.5 Å². The molecule has 2 aromatic heterocycles. The Balaban J connectivity index is 1.46. The van der Waals surface area contributed by atoms with E-state index in [4.69, 9.17) is 4.74 Å². The molecule has 0 bridgehead atoms. The van der Waals surface area contributed by atoms with Crippen LogP contribution in [0.15, 0.2) is 29.4 Å². The number of anilines is 2. The van der Waals surface area contributed by atoms with Crippen LogP contribution >= 0.6 is 23.1 Å². The van der Waals surface area contributed by atoms with Crippen LogP contribution in [0.3, 0.4) is 0 Å². The first-order valence-electron chi connectivity index (χ1n) is 11.2. The highest BCUT2D eigenvalue weighted by atomic mass is 32.2. The van der Waals surface area contributed by atoms with E-state index >= 15 is 0 Å². The Morgan fingerprint density at radius 2 is 2.00 bits per heavy atom. The second kappa shape index (κ2) is 10.6. The third kappa shape index (κ3) is 5.12. The van der Waals surface area contributed by atoms with Crippen molar-refractivity contribution in [2.75, 3.05) is 37.2 Å². The summed E-state index contributed by atoms with van der Waals surface area (Å²) in [5, 5.41) is 12.8. The molecule has 0 spiro atoms. The predicted octanol–water partition coefficient (Wildman–Crippen LogP) is 4.40. The van der Waals surface area contributed by atoms with Gasteiger partial charge in [0.2, 0.25) is 5.91 Å². The van der Waals surface area contributed by atoms with Crippen LogP contribution in [-0.4, -0.2) is 53.6 Å². The Morgan fingerprint density at radius 3 is 2.76 bits per heavy atom. The van der Waals surface area contributed by atoms with E-state index in [0.29, 0.717) is 15.7 Å². The number of fused-ring (bicyclic) bond motifs is 1. The van der Waals surface area contributed by atoms with Crippen molar-refractivity contribution in [1.29, 1.82) is 0 Å². The van der Waals surface area contributed by atoms with Gasteiger partial charge < -0.3 is 19.5 Å². The van der Waals surface area contributed by atoms with E-state index < -0.39 is 0 Å². The van der Waals surface area contributed by atoms with E-state index in [0.717, 1.165) is 54.7 Å². The standard InChI is InChI=1S/C24H29N5O3S2/c1-28(2)16-10-8-9-15(13-16)21-26-27-24(29(21)3)33-14-19(30)25-22-20(23(31)32-4)17-11-6-5-7-12-18(17)34-22/h8-10,13H,5-7,11-12,14H2,1-4H3,(H,25,30). The Morgan fingerprint density at radius 1 is 1.21 bits per heavy atom. The van der Waals surface area contributed by atoms with Gasteiger partial charge in [0.1, 0.15) is 5.00 Å². The lowest BCUT2D eigenvalue weighted by Gasteiger charge is -2.13. The first kappa shape index (κ1) is 24.3. The van der Waals surface area contributed by atoms with Gasteiger partial charge in [0.25, 0.3) is 0 Å². The summed E-state index contributed by atoms with van der Waals surface area (Å²) in [6.45, 7) is 0. The molecule has 1 aliphatic carbocycles. The zero-order chi connectivity index (χ0) is 24.2. The molecule has 0 fully saturated rings. The Hall–Kier alpha value is -2.85.